The summed E-state index contributed by atoms with van der Waals surface area (Å²) in [5.74, 6) is -0.350. The third-order valence-corrected chi connectivity index (χ3v) is 4.31. The number of pyridine rings is 1. The summed E-state index contributed by atoms with van der Waals surface area (Å²) >= 11 is 0.958. The van der Waals surface area contributed by atoms with Crippen molar-refractivity contribution in [3.05, 3.63) is 45.2 Å². The molecule has 0 saturated heterocycles. The Morgan fingerprint density at radius 1 is 1.46 bits per heavy atom. The Bertz CT molecular complexity index is 943. The van der Waals surface area contributed by atoms with E-state index in [-0.39, 0.29) is 11.0 Å². The molecule has 8 heteroatoms. The van der Waals surface area contributed by atoms with Gasteiger partial charge >= 0.3 is 0 Å². The highest BCUT2D eigenvalue weighted by molar-refractivity contribution is 7.12. The molecule has 0 fully saturated rings. The number of carbonyl (C=O) groups excluding carboxylic acids is 1. The van der Waals surface area contributed by atoms with Gasteiger partial charge in [-0.2, -0.15) is 14.6 Å². The lowest BCUT2D eigenvalue weighted by atomic mass is 10.1. The Labute approximate surface area is 142 Å². The van der Waals surface area contributed by atoms with Gasteiger partial charge in [0.2, 0.25) is 0 Å². The number of thiophene rings is 1. The van der Waals surface area contributed by atoms with E-state index in [0.717, 1.165) is 28.1 Å². The first-order valence-electron chi connectivity index (χ1n) is 7.43. The quantitative estimate of drug-likeness (QED) is 0.583. The second-order valence-corrected chi connectivity index (χ2v) is 6.32. The largest absolute Gasteiger partial charge is 0.272 e. The van der Waals surface area contributed by atoms with Gasteiger partial charge in [-0.1, -0.05) is 0 Å². The average molecular weight is 345 g/mol. The van der Waals surface area contributed by atoms with Crippen molar-refractivity contribution >= 4 is 34.5 Å². The Hall–Kier alpha value is -2.61. The lowest BCUT2D eigenvalue weighted by Gasteiger charge is -2.05. The number of hydrazone groups is 1. The summed E-state index contributed by atoms with van der Waals surface area (Å²) in [6, 6.07) is 4.67. The number of amides is 1. The summed E-state index contributed by atoms with van der Waals surface area (Å²) in [5, 5.41) is 8.74. The van der Waals surface area contributed by atoms with Crippen LogP contribution in [0.2, 0.25) is 0 Å². The molecule has 0 spiro atoms. The first-order chi connectivity index (χ1) is 11.5. The van der Waals surface area contributed by atoms with Crippen LogP contribution in [0.25, 0.3) is 11.0 Å². The number of rotatable bonds is 4. The second-order valence-electron chi connectivity index (χ2n) is 5.25. The van der Waals surface area contributed by atoms with E-state index in [4.69, 9.17) is 0 Å². The molecule has 3 aromatic rings. The molecule has 3 heterocycles. The summed E-state index contributed by atoms with van der Waals surface area (Å²) in [6.07, 6.45) is 1.42. The van der Waals surface area contributed by atoms with Gasteiger partial charge in [0.25, 0.3) is 5.91 Å². The number of aryl methyl sites for hydroxylation is 3. The van der Waals surface area contributed by atoms with Gasteiger partial charge in [0.1, 0.15) is 0 Å². The van der Waals surface area contributed by atoms with E-state index >= 15 is 0 Å². The van der Waals surface area contributed by atoms with Gasteiger partial charge in [-0.25, -0.2) is 15.1 Å². The van der Waals surface area contributed by atoms with Crippen LogP contribution in [0.15, 0.2) is 23.3 Å². The van der Waals surface area contributed by atoms with Gasteiger partial charge in [0.15, 0.2) is 10.8 Å². The molecule has 124 valence electrons. The smallest absolute Gasteiger partial charge is 0.267 e. The molecule has 0 aliphatic rings. The molecule has 0 saturated carbocycles. The highest BCUT2D eigenvalue weighted by Gasteiger charge is 2.18. The summed E-state index contributed by atoms with van der Waals surface area (Å²) in [7, 11) is 0. The van der Waals surface area contributed by atoms with Crippen molar-refractivity contribution in [2.75, 3.05) is 0 Å². The van der Waals surface area contributed by atoms with Gasteiger partial charge in [-0.15, -0.1) is 11.3 Å². The van der Waals surface area contributed by atoms with Crippen LogP contribution in [-0.4, -0.2) is 26.9 Å². The number of hydrogen-bond donors (Lipinski definition) is 1. The predicted molar refractivity (Wildman–Crippen MR) is 92.0 cm³/mol. The Morgan fingerprint density at radius 2 is 2.25 bits per heavy atom. The zero-order valence-electron chi connectivity index (χ0n) is 13.5. The van der Waals surface area contributed by atoms with Crippen LogP contribution in [-0.2, 0) is 6.54 Å². The van der Waals surface area contributed by atoms with Crippen LogP contribution in [0.4, 0.5) is 4.39 Å². The maximum atomic E-state index is 12.9. The minimum atomic E-state index is -0.350. The topological polar surface area (TPSA) is 72.2 Å². The molecule has 3 rings (SSSR count). The molecule has 0 radical (unpaired) electrons. The van der Waals surface area contributed by atoms with Gasteiger partial charge in [-0.05, 0) is 39.0 Å². The molecule has 1 amide bonds. The Balaban J connectivity index is 1.92. The van der Waals surface area contributed by atoms with E-state index in [1.54, 1.807) is 16.8 Å². The van der Waals surface area contributed by atoms with E-state index < -0.39 is 0 Å². The van der Waals surface area contributed by atoms with E-state index in [9.17, 15) is 9.18 Å². The molecular formula is C16H16FN5OS. The van der Waals surface area contributed by atoms with E-state index in [2.05, 4.69) is 20.6 Å². The van der Waals surface area contributed by atoms with Crippen LogP contribution in [0.5, 0.6) is 0 Å². The second kappa shape index (κ2) is 6.48. The van der Waals surface area contributed by atoms with Crippen LogP contribution < -0.4 is 5.43 Å². The third-order valence-electron chi connectivity index (χ3n) is 3.50. The third kappa shape index (κ3) is 3.05. The highest BCUT2D eigenvalue weighted by atomic mass is 32.1. The Morgan fingerprint density at radius 3 is 2.92 bits per heavy atom. The van der Waals surface area contributed by atoms with E-state index in [1.165, 1.54) is 12.3 Å². The zero-order valence-corrected chi connectivity index (χ0v) is 14.3. The molecule has 6 nitrogen and oxygen atoms in total. The standard InChI is InChI=1S/C16H16FN5OS/c1-4-22-15-14(10(3)21-22)12(7-9(2)19-15)16(23)20-18-8-11-5-6-13(17)24-11/h5-8H,4H2,1-3H3,(H,20,23)/b18-8-. The highest BCUT2D eigenvalue weighted by Crippen LogP contribution is 2.22. The van der Waals surface area contributed by atoms with Crippen LogP contribution in [0.1, 0.15) is 33.5 Å². The average Bonchev–Trinajstić information content (AvgIpc) is 3.10. The van der Waals surface area contributed by atoms with Crippen molar-refractivity contribution in [2.24, 2.45) is 5.10 Å². The van der Waals surface area contributed by atoms with Crippen molar-refractivity contribution in [3.63, 3.8) is 0 Å². The minimum absolute atomic E-state index is 0.295. The van der Waals surface area contributed by atoms with Crippen LogP contribution in [0.3, 0.4) is 0 Å². The summed E-state index contributed by atoms with van der Waals surface area (Å²) in [5.41, 5.74) is 5.11. The maximum absolute atomic E-state index is 12.9. The van der Waals surface area contributed by atoms with Crippen molar-refractivity contribution in [1.82, 2.24) is 20.2 Å². The number of fused-ring (bicyclic) bond motifs is 1. The van der Waals surface area contributed by atoms with Gasteiger partial charge in [0.05, 0.1) is 27.7 Å². The normalized spacial score (nSPS) is 11.5. The van der Waals surface area contributed by atoms with Crippen LogP contribution >= 0.6 is 11.3 Å². The van der Waals surface area contributed by atoms with Crippen LogP contribution in [0, 0.1) is 19.0 Å². The van der Waals surface area contributed by atoms with Gasteiger partial charge < -0.3 is 0 Å². The molecule has 1 N–H and O–H groups in total. The molecule has 0 aromatic carbocycles. The molecule has 0 aliphatic carbocycles. The van der Waals surface area contributed by atoms with E-state index in [1.807, 2.05) is 20.8 Å². The number of carbonyl (C=O) groups is 1. The maximum Gasteiger partial charge on any atom is 0.272 e. The Kier molecular flexibility index (Phi) is 4.39. The fourth-order valence-electron chi connectivity index (χ4n) is 2.49. The summed E-state index contributed by atoms with van der Waals surface area (Å²) in [4.78, 5) is 17.6. The fraction of sp³-hybridized carbons (Fsp3) is 0.250. The van der Waals surface area contributed by atoms with Crippen molar-refractivity contribution < 1.29 is 9.18 Å². The molecule has 0 aliphatic heterocycles. The predicted octanol–water partition coefficient (Wildman–Crippen LogP) is 3.03. The zero-order chi connectivity index (χ0) is 17.3. The lowest BCUT2D eigenvalue weighted by Crippen LogP contribution is -2.18. The molecule has 0 bridgehead atoms. The molecule has 24 heavy (non-hydrogen) atoms. The SMILES string of the molecule is CCn1nc(C)c2c(C(=O)N/N=C\c3ccc(F)s3)cc(C)nc21. The molecular weight excluding hydrogens is 329 g/mol. The van der Waals surface area contributed by atoms with E-state index in [0.29, 0.717) is 22.6 Å². The summed E-state index contributed by atoms with van der Waals surface area (Å²) < 4.78 is 14.7. The number of nitrogens with zero attached hydrogens (tertiary/aromatic N) is 4. The number of nitrogens with one attached hydrogen (secondary N) is 1. The van der Waals surface area contributed by atoms with Crippen molar-refractivity contribution in [3.8, 4) is 0 Å². The number of hydrogen-bond acceptors (Lipinski definition) is 5. The fourth-order valence-corrected chi connectivity index (χ4v) is 3.09. The monoisotopic (exact) mass is 345 g/mol. The summed E-state index contributed by atoms with van der Waals surface area (Å²) in [6.45, 7) is 6.32. The van der Waals surface area contributed by atoms with Gasteiger partial charge in [0, 0.05) is 12.2 Å². The van der Waals surface area contributed by atoms with Gasteiger partial charge in [-0.3, -0.25) is 4.79 Å². The molecule has 0 unspecified atom stereocenters. The number of aromatic nitrogens is 3. The number of halogens is 1. The molecule has 0 atom stereocenters. The lowest BCUT2D eigenvalue weighted by molar-refractivity contribution is 0.0956. The first kappa shape index (κ1) is 16.3. The van der Waals surface area contributed by atoms with Crippen molar-refractivity contribution in [2.45, 2.75) is 27.3 Å². The minimum Gasteiger partial charge on any atom is -0.267 e. The first-order valence-corrected chi connectivity index (χ1v) is 8.24. The van der Waals surface area contributed by atoms with Crippen molar-refractivity contribution in [1.29, 1.82) is 0 Å². The molecule has 3 aromatic heterocycles.